The van der Waals surface area contributed by atoms with Crippen molar-refractivity contribution in [2.24, 2.45) is 0 Å². The summed E-state index contributed by atoms with van der Waals surface area (Å²) in [6.45, 7) is 5.02. The van der Waals surface area contributed by atoms with Crippen molar-refractivity contribution in [2.75, 3.05) is 24.5 Å². The van der Waals surface area contributed by atoms with Gasteiger partial charge in [-0.2, -0.15) is 0 Å². The van der Waals surface area contributed by atoms with Crippen LogP contribution in [0.25, 0.3) is 28.4 Å². The summed E-state index contributed by atoms with van der Waals surface area (Å²) in [7, 11) is 0. The predicted octanol–water partition coefficient (Wildman–Crippen LogP) is 3.33. The van der Waals surface area contributed by atoms with Gasteiger partial charge in [0, 0.05) is 42.5 Å². The molecule has 4 aromatic rings. The molecular weight excluding hydrogens is 386 g/mol. The van der Waals surface area contributed by atoms with Crippen molar-refractivity contribution in [1.29, 1.82) is 0 Å². The lowest BCUT2D eigenvalue weighted by Gasteiger charge is -2.34. The van der Waals surface area contributed by atoms with E-state index in [0.717, 1.165) is 53.8 Å². The number of fused-ring (bicyclic) bond motifs is 1. The van der Waals surface area contributed by atoms with Crippen molar-refractivity contribution in [3.8, 4) is 17.2 Å². The lowest BCUT2D eigenvalue weighted by atomic mass is 10.2. The second-order valence-electron chi connectivity index (χ2n) is 7.11. The quantitative estimate of drug-likeness (QED) is 0.563. The van der Waals surface area contributed by atoms with E-state index in [1.807, 2.05) is 47.0 Å². The maximum Gasteiger partial charge on any atom is 0.168 e. The highest BCUT2D eigenvalue weighted by molar-refractivity contribution is 6.30. The molecule has 146 valence electrons. The number of hydrogen-bond acceptors (Lipinski definition) is 6. The van der Waals surface area contributed by atoms with Crippen LogP contribution in [0.2, 0.25) is 5.02 Å². The van der Waals surface area contributed by atoms with Crippen LogP contribution >= 0.6 is 11.6 Å². The normalized spacial score (nSPS) is 17.0. The first kappa shape index (κ1) is 18.0. The average molecular weight is 406 g/mol. The van der Waals surface area contributed by atoms with E-state index in [2.05, 4.69) is 27.1 Å². The Morgan fingerprint density at radius 3 is 2.83 bits per heavy atom. The SMILES string of the molecule is C[C@@H]1CNCCN1c1ccc2nc(-c3cccc(Cl)c3)n(-c3ccncn3)c2n1. The van der Waals surface area contributed by atoms with Gasteiger partial charge in [0.2, 0.25) is 0 Å². The Kier molecular flexibility index (Phi) is 4.61. The van der Waals surface area contributed by atoms with Crippen LogP contribution in [0.1, 0.15) is 6.92 Å². The van der Waals surface area contributed by atoms with Gasteiger partial charge in [-0.1, -0.05) is 23.7 Å². The summed E-state index contributed by atoms with van der Waals surface area (Å²) < 4.78 is 1.97. The first-order valence-electron chi connectivity index (χ1n) is 9.60. The van der Waals surface area contributed by atoms with Crippen LogP contribution < -0.4 is 10.2 Å². The molecule has 0 saturated carbocycles. The molecule has 0 aliphatic carbocycles. The average Bonchev–Trinajstić information content (AvgIpc) is 3.13. The molecule has 1 atom stereocenters. The van der Waals surface area contributed by atoms with E-state index in [0.29, 0.717) is 11.1 Å². The number of benzene rings is 1. The van der Waals surface area contributed by atoms with E-state index < -0.39 is 0 Å². The molecule has 29 heavy (non-hydrogen) atoms. The van der Waals surface area contributed by atoms with Gasteiger partial charge < -0.3 is 10.2 Å². The lowest BCUT2D eigenvalue weighted by Crippen LogP contribution is -2.50. The Bertz CT molecular complexity index is 1160. The van der Waals surface area contributed by atoms with Crippen molar-refractivity contribution >= 4 is 28.6 Å². The summed E-state index contributed by atoms with van der Waals surface area (Å²) in [6, 6.07) is 14.0. The smallest absolute Gasteiger partial charge is 0.168 e. The molecule has 1 fully saturated rings. The third-order valence-corrected chi connectivity index (χ3v) is 5.40. The summed E-state index contributed by atoms with van der Waals surface area (Å²) in [5.74, 6) is 2.41. The van der Waals surface area contributed by atoms with Gasteiger partial charge in [0.05, 0.1) is 0 Å². The minimum Gasteiger partial charge on any atom is -0.351 e. The van der Waals surface area contributed by atoms with E-state index >= 15 is 0 Å². The second kappa shape index (κ2) is 7.42. The van der Waals surface area contributed by atoms with Gasteiger partial charge >= 0.3 is 0 Å². The van der Waals surface area contributed by atoms with Gasteiger partial charge in [-0.05, 0) is 37.3 Å². The van der Waals surface area contributed by atoms with E-state index in [4.69, 9.17) is 21.6 Å². The number of nitrogens with zero attached hydrogens (tertiary/aromatic N) is 6. The molecule has 0 radical (unpaired) electrons. The number of anilines is 1. The third-order valence-electron chi connectivity index (χ3n) is 5.16. The van der Waals surface area contributed by atoms with E-state index in [1.165, 1.54) is 6.33 Å². The zero-order valence-corrected chi connectivity index (χ0v) is 16.7. The van der Waals surface area contributed by atoms with Gasteiger partial charge in [-0.3, -0.25) is 4.57 Å². The fourth-order valence-corrected chi connectivity index (χ4v) is 3.93. The standard InChI is InChI=1S/C21H20ClN7/c1-14-12-23-9-10-28(14)19-6-5-17-21(27-19)29(18-7-8-24-13-25-18)20(26-17)15-3-2-4-16(22)11-15/h2-8,11,13-14,23H,9-10,12H2,1H3/t14-/m1/s1. The highest BCUT2D eigenvalue weighted by Gasteiger charge is 2.22. The number of aromatic nitrogens is 5. The molecule has 1 N–H and O–H groups in total. The van der Waals surface area contributed by atoms with Crippen LogP contribution in [-0.2, 0) is 0 Å². The Morgan fingerprint density at radius 1 is 1.10 bits per heavy atom. The molecule has 3 aromatic heterocycles. The van der Waals surface area contributed by atoms with Crippen LogP contribution in [0.4, 0.5) is 5.82 Å². The maximum atomic E-state index is 6.24. The highest BCUT2D eigenvalue weighted by atomic mass is 35.5. The molecule has 1 aliphatic heterocycles. The number of rotatable bonds is 3. The summed E-state index contributed by atoms with van der Waals surface area (Å²) in [5.41, 5.74) is 2.48. The molecule has 4 heterocycles. The Hall–Kier alpha value is -3.03. The van der Waals surface area contributed by atoms with Crippen LogP contribution in [0.3, 0.4) is 0 Å². The number of halogens is 1. The van der Waals surface area contributed by atoms with Gasteiger partial charge in [-0.15, -0.1) is 0 Å². The monoisotopic (exact) mass is 405 g/mol. The Balaban J connectivity index is 1.73. The Labute approximate surface area is 173 Å². The zero-order chi connectivity index (χ0) is 19.8. The van der Waals surface area contributed by atoms with Gasteiger partial charge in [0.15, 0.2) is 5.65 Å². The summed E-state index contributed by atoms with van der Waals surface area (Å²) in [5, 5.41) is 4.08. The van der Waals surface area contributed by atoms with Crippen LogP contribution in [0.15, 0.2) is 55.0 Å². The molecule has 0 amide bonds. The van der Waals surface area contributed by atoms with Gasteiger partial charge in [-0.25, -0.2) is 19.9 Å². The lowest BCUT2D eigenvalue weighted by molar-refractivity contribution is 0.497. The number of nitrogens with one attached hydrogen (secondary N) is 1. The first-order chi connectivity index (χ1) is 14.2. The minimum absolute atomic E-state index is 0.372. The summed E-state index contributed by atoms with van der Waals surface area (Å²) in [6.07, 6.45) is 3.25. The predicted molar refractivity (Wildman–Crippen MR) is 115 cm³/mol. The molecular formula is C21H20ClN7. The summed E-state index contributed by atoms with van der Waals surface area (Å²) in [4.78, 5) is 20.7. The largest absolute Gasteiger partial charge is 0.351 e. The second-order valence-corrected chi connectivity index (χ2v) is 7.54. The van der Waals surface area contributed by atoms with Crippen LogP contribution in [-0.4, -0.2) is 50.2 Å². The zero-order valence-electron chi connectivity index (χ0n) is 16.0. The van der Waals surface area contributed by atoms with Gasteiger partial charge in [0.1, 0.15) is 29.3 Å². The number of hydrogen-bond donors (Lipinski definition) is 1. The minimum atomic E-state index is 0.372. The van der Waals surface area contributed by atoms with Crippen molar-refractivity contribution in [3.63, 3.8) is 0 Å². The van der Waals surface area contributed by atoms with Gasteiger partial charge in [0.25, 0.3) is 0 Å². The molecule has 7 nitrogen and oxygen atoms in total. The van der Waals surface area contributed by atoms with E-state index in [1.54, 1.807) is 6.20 Å². The molecule has 0 spiro atoms. The van der Waals surface area contributed by atoms with Crippen molar-refractivity contribution in [2.45, 2.75) is 13.0 Å². The molecule has 0 unspecified atom stereocenters. The third kappa shape index (κ3) is 3.32. The first-order valence-corrected chi connectivity index (χ1v) is 9.98. The number of piperazine rings is 1. The van der Waals surface area contributed by atoms with Crippen molar-refractivity contribution in [3.05, 3.63) is 60.0 Å². The molecule has 1 aromatic carbocycles. The maximum absolute atomic E-state index is 6.24. The topological polar surface area (TPSA) is 71.8 Å². The van der Waals surface area contributed by atoms with Crippen molar-refractivity contribution < 1.29 is 0 Å². The van der Waals surface area contributed by atoms with Crippen molar-refractivity contribution in [1.82, 2.24) is 29.8 Å². The fourth-order valence-electron chi connectivity index (χ4n) is 3.74. The fraction of sp³-hybridized carbons (Fsp3) is 0.238. The molecule has 1 aliphatic rings. The van der Waals surface area contributed by atoms with Crippen LogP contribution in [0, 0.1) is 0 Å². The molecule has 1 saturated heterocycles. The number of pyridine rings is 1. The Morgan fingerprint density at radius 2 is 2.03 bits per heavy atom. The van der Waals surface area contributed by atoms with E-state index in [-0.39, 0.29) is 0 Å². The van der Waals surface area contributed by atoms with E-state index in [9.17, 15) is 0 Å². The molecule has 8 heteroatoms. The number of imidazole rings is 1. The highest BCUT2D eigenvalue weighted by Crippen LogP contribution is 2.30. The summed E-state index contributed by atoms with van der Waals surface area (Å²) >= 11 is 6.24. The molecule has 5 rings (SSSR count). The molecule has 0 bridgehead atoms. The van der Waals surface area contributed by atoms with Crippen LogP contribution in [0.5, 0.6) is 0 Å².